The highest BCUT2D eigenvalue weighted by Crippen LogP contribution is 2.23. The van der Waals surface area contributed by atoms with E-state index in [0.29, 0.717) is 18.7 Å². The Morgan fingerprint density at radius 1 is 1.19 bits per heavy atom. The summed E-state index contributed by atoms with van der Waals surface area (Å²) in [5.74, 6) is -0.565. The number of carbonyl (C=O) groups excluding carboxylic acids is 1. The first kappa shape index (κ1) is 19.8. The number of halogens is 1. The molecular weight excluding hydrogens is 382 g/mol. The molecule has 0 saturated carbocycles. The van der Waals surface area contributed by atoms with Gasteiger partial charge < -0.3 is 5.32 Å². The van der Waals surface area contributed by atoms with Crippen molar-refractivity contribution < 1.29 is 18.1 Å². The van der Waals surface area contributed by atoms with E-state index in [1.165, 1.54) is 36.4 Å². The second-order valence-corrected chi connectivity index (χ2v) is 7.47. The Labute approximate surface area is 155 Å². The summed E-state index contributed by atoms with van der Waals surface area (Å²) >= 11 is 5.92. The molecule has 0 atom stereocenters. The van der Waals surface area contributed by atoms with Crippen LogP contribution in [-0.4, -0.2) is 25.8 Å². The van der Waals surface area contributed by atoms with E-state index in [1.807, 2.05) is 6.92 Å². The van der Waals surface area contributed by atoms with E-state index in [9.17, 15) is 23.3 Å². The van der Waals surface area contributed by atoms with Crippen LogP contribution in [0.1, 0.15) is 23.7 Å². The lowest BCUT2D eigenvalue weighted by molar-refractivity contribution is -0.384. The van der Waals surface area contributed by atoms with Gasteiger partial charge in [0.2, 0.25) is 10.0 Å². The van der Waals surface area contributed by atoms with Crippen LogP contribution in [0.4, 0.5) is 11.4 Å². The third-order valence-corrected chi connectivity index (χ3v) is 5.16. The minimum Gasteiger partial charge on any atom is -0.322 e. The van der Waals surface area contributed by atoms with Crippen molar-refractivity contribution in [1.29, 1.82) is 0 Å². The molecule has 0 radical (unpaired) electrons. The first-order chi connectivity index (χ1) is 12.2. The Kier molecular flexibility index (Phi) is 6.30. The number of anilines is 1. The van der Waals surface area contributed by atoms with E-state index < -0.39 is 20.9 Å². The first-order valence-electron chi connectivity index (χ1n) is 7.59. The zero-order valence-corrected chi connectivity index (χ0v) is 15.3. The van der Waals surface area contributed by atoms with E-state index >= 15 is 0 Å². The van der Waals surface area contributed by atoms with Crippen LogP contribution in [-0.2, 0) is 10.0 Å². The maximum absolute atomic E-state index is 12.2. The topological polar surface area (TPSA) is 118 Å². The predicted octanol–water partition coefficient (Wildman–Crippen LogP) is 3.19. The van der Waals surface area contributed by atoms with E-state index in [4.69, 9.17) is 11.6 Å². The maximum Gasteiger partial charge on any atom is 0.270 e. The maximum atomic E-state index is 12.2. The van der Waals surface area contributed by atoms with E-state index in [2.05, 4.69) is 10.0 Å². The van der Waals surface area contributed by atoms with Crippen molar-refractivity contribution in [3.05, 3.63) is 63.2 Å². The van der Waals surface area contributed by atoms with Crippen LogP contribution in [0, 0.1) is 10.1 Å². The fourth-order valence-corrected chi connectivity index (χ4v) is 3.43. The molecule has 0 bridgehead atoms. The number of sulfonamides is 1. The Balaban J connectivity index is 2.14. The van der Waals surface area contributed by atoms with Crippen molar-refractivity contribution >= 4 is 38.9 Å². The molecule has 0 fully saturated rings. The Morgan fingerprint density at radius 2 is 1.85 bits per heavy atom. The van der Waals surface area contributed by atoms with Crippen LogP contribution in [0.3, 0.4) is 0 Å². The average Bonchev–Trinajstić information content (AvgIpc) is 2.60. The monoisotopic (exact) mass is 397 g/mol. The predicted molar refractivity (Wildman–Crippen MR) is 98.0 cm³/mol. The Bertz CT molecular complexity index is 929. The number of nitro benzene ring substituents is 1. The van der Waals surface area contributed by atoms with E-state index in [-0.39, 0.29) is 21.2 Å². The van der Waals surface area contributed by atoms with Crippen LogP contribution in [0.5, 0.6) is 0 Å². The molecule has 2 aromatic carbocycles. The van der Waals surface area contributed by atoms with Crippen molar-refractivity contribution in [2.75, 3.05) is 11.9 Å². The molecular formula is C16H16ClN3O5S. The van der Waals surface area contributed by atoms with Crippen LogP contribution < -0.4 is 10.0 Å². The summed E-state index contributed by atoms with van der Waals surface area (Å²) in [4.78, 5) is 22.4. The molecule has 0 heterocycles. The zero-order chi connectivity index (χ0) is 19.3. The molecule has 8 nitrogen and oxygen atoms in total. The summed E-state index contributed by atoms with van der Waals surface area (Å²) < 4.78 is 26.5. The van der Waals surface area contributed by atoms with Gasteiger partial charge in [-0.2, -0.15) is 0 Å². The minimum absolute atomic E-state index is 0.0559. The van der Waals surface area contributed by atoms with Gasteiger partial charge in [-0.15, -0.1) is 0 Å². The molecule has 0 saturated heterocycles. The summed E-state index contributed by atoms with van der Waals surface area (Å²) in [5.41, 5.74) is 0.207. The smallest absolute Gasteiger partial charge is 0.270 e. The summed E-state index contributed by atoms with van der Waals surface area (Å²) in [5, 5.41) is 13.2. The number of nitrogens with one attached hydrogen (secondary N) is 2. The summed E-state index contributed by atoms with van der Waals surface area (Å²) in [6.45, 7) is 2.18. The lowest BCUT2D eigenvalue weighted by Crippen LogP contribution is -2.24. The van der Waals surface area contributed by atoms with Crippen LogP contribution in [0.2, 0.25) is 5.02 Å². The molecule has 0 unspecified atom stereocenters. The molecule has 0 aliphatic rings. The molecule has 138 valence electrons. The van der Waals surface area contributed by atoms with E-state index in [0.717, 1.165) is 6.07 Å². The highest BCUT2D eigenvalue weighted by molar-refractivity contribution is 7.89. The average molecular weight is 398 g/mol. The van der Waals surface area contributed by atoms with Crippen molar-refractivity contribution in [3.63, 3.8) is 0 Å². The molecule has 2 rings (SSSR count). The molecule has 2 N–H and O–H groups in total. The molecule has 0 aliphatic carbocycles. The van der Waals surface area contributed by atoms with Crippen molar-refractivity contribution in [2.24, 2.45) is 0 Å². The molecule has 0 aliphatic heterocycles. The second-order valence-electron chi connectivity index (χ2n) is 5.30. The highest BCUT2D eigenvalue weighted by Gasteiger charge is 2.16. The van der Waals surface area contributed by atoms with Crippen LogP contribution in [0.15, 0.2) is 47.4 Å². The number of hydrogen-bond acceptors (Lipinski definition) is 5. The van der Waals surface area contributed by atoms with Gasteiger partial charge in [0.25, 0.3) is 11.6 Å². The zero-order valence-electron chi connectivity index (χ0n) is 13.7. The van der Waals surface area contributed by atoms with Crippen molar-refractivity contribution in [2.45, 2.75) is 18.2 Å². The van der Waals surface area contributed by atoms with Gasteiger partial charge in [-0.25, -0.2) is 13.1 Å². The fourth-order valence-electron chi connectivity index (χ4n) is 2.04. The highest BCUT2D eigenvalue weighted by atomic mass is 35.5. The van der Waals surface area contributed by atoms with Gasteiger partial charge in [0.15, 0.2) is 0 Å². The van der Waals surface area contributed by atoms with Crippen molar-refractivity contribution in [3.8, 4) is 0 Å². The molecule has 0 aromatic heterocycles. The molecule has 2 aromatic rings. The Hall–Kier alpha value is -2.49. The largest absolute Gasteiger partial charge is 0.322 e. The lowest BCUT2D eigenvalue weighted by atomic mass is 10.2. The number of nitrogens with zero attached hydrogens (tertiary/aromatic N) is 1. The van der Waals surface area contributed by atoms with Gasteiger partial charge in [-0.3, -0.25) is 14.9 Å². The van der Waals surface area contributed by atoms with Gasteiger partial charge in [-0.05, 0) is 36.8 Å². The number of amides is 1. The molecule has 0 spiro atoms. The molecule has 1 amide bonds. The number of non-ortho nitro benzene ring substituents is 1. The fraction of sp³-hybridized carbons (Fsp3) is 0.188. The molecule has 26 heavy (non-hydrogen) atoms. The minimum atomic E-state index is -3.59. The van der Waals surface area contributed by atoms with Gasteiger partial charge in [0.1, 0.15) is 0 Å². The Morgan fingerprint density at radius 3 is 2.38 bits per heavy atom. The second kappa shape index (κ2) is 8.26. The number of rotatable bonds is 7. The first-order valence-corrected chi connectivity index (χ1v) is 9.45. The lowest BCUT2D eigenvalue weighted by Gasteiger charge is -2.09. The van der Waals surface area contributed by atoms with Crippen LogP contribution >= 0.6 is 11.6 Å². The third kappa shape index (κ3) is 4.78. The van der Waals surface area contributed by atoms with Gasteiger partial charge in [0.05, 0.1) is 20.4 Å². The summed E-state index contributed by atoms with van der Waals surface area (Å²) in [6, 6.07) is 9.14. The van der Waals surface area contributed by atoms with E-state index in [1.54, 1.807) is 0 Å². The third-order valence-electron chi connectivity index (χ3n) is 3.37. The quantitative estimate of drug-likeness (QED) is 0.549. The molecule has 10 heteroatoms. The van der Waals surface area contributed by atoms with Crippen LogP contribution in [0.25, 0.3) is 0 Å². The number of nitro groups is 1. The van der Waals surface area contributed by atoms with Crippen molar-refractivity contribution in [1.82, 2.24) is 4.72 Å². The van der Waals surface area contributed by atoms with Gasteiger partial charge >= 0.3 is 0 Å². The number of carbonyl (C=O) groups is 1. The standard InChI is InChI=1S/C16H16ClN3O5S/c1-2-9-18-26(24,25)13-6-3-11(4-7-13)19-16(21)14-8-5-12(20(22)23)10-15(14)17/h3-8,10,18H,2,9H2,1H3,(H,19,21). The number of hydrogen-bond donors (Lipinski definition) is 2. The summed E-state index contributed by atoms with van der Waals surface area (Å²) in [7, 11) is -3.59. The number of benzene rings is 2. The SMILES string of the molecule is CCCNS(=O)(=O)c1ccc(NC(=O)c2ccc([N+](=O)[O-])cc2Cl)cc1. The van der Waals surface area contributed by atoms with Gasteiger partial charge in [0, 0.05) is 24.4 Å². The van der Waals surface area contributed by atoms with Gasteiger partial charge in [-0.1, -0.05) is 18.5 Å². The normalized spacial score (nSPS) is 11.2. The summed E-state index contributed by atoms with van der Waals surface area (Å²) in [6.07, 6.45) is 0.670.